The molecule has 3 atom stereocenters. The molecule has 0 spiro atoms. The molecule has 4 heterocycles. The van der Waals surface area contributed by atoms with Gasteiger partial charge in [0.25, 0.3) is 5.95 Å². The van der Waals surface area contributed by atoms with E-state index in [1.165, 1.54) is 15.6 Å². The minimum atomic E-state index is -0.724. The lowest BCUT2D eigenvalue weighted by molar-refractivity contribution is 0.129. The number of nitrogens with zero attached hydrogens (tertiary/aromatic N) is 6. The predicted molar refractivity (Wildman–Crippen MR) is 114 cm³/mol. The van der Waals surface area contributed by atoms with Crippen LogP contribution in [-0.2, 0) is 16.7 Å². The summed E-state index contributed by atoms with van der Waals surface area (Å²) in [6.07, 6.45) is 3.12. The quantitative estimate of drug-likeness (QED) is 0.618. The molecule has 1 amide bonds. The van der Waals surface area contributed by atoms with E-state index in [1.807, 2.05) is 0 Å². The molecular weight excluding hydrogens is 444 g/mol. The van der Waals surface area contributed by atoms with E-state index in [1.54, 1.807) is 30.6 Å². The highest BCUT2D eigenvalue weighted by Crippen LogP contribution is 2.62. The molecule has 1 aromatic carbocycles. The van der Waals surface area contributed by atoms with Gasteiger partial charge in [0, 0.05) is 48.4 Å². The monoisotopic (exact) mass is 463 g/mol. The zero-order valence-corrected chi connectivity index (χ0v) is 17.9. The maximum Gasteiger partial charge on any atom is 0.414 e. The zero-order valence-electron chi connectivity index (χ0n) is 17.9. The molecule has 6 rings (SSSR count). The Hall–Kier alpha value is -3.91. The van der Waals surface area contributed by atoms with Crippen molar-refractivity contribution in [3.63, 3.8) is 0 Å². The van der Waals surface area contributed by atoms with Crippen molar-refractivity contribution < 1.29 is 18.3 Å². The van der Waals surface area contributed by atoms with Crippen molar-refractivity contribution in [1.29, 1.82) is 5.26 Å². The first-order valence-electron chi connectivity index (χ1n) is 10.9. The number of carbonyl (C=O) groups excluding carboxylic acids is 1. The standard InChI is InChI=1S/C23H19F2N7O2/c24-20-5-13(32-10-14(34-22(32)33)9-31-11-21(25)29-30-31)1-2-15(20)16-6-27-4-3-17(16)23(12-26)18-7-28-8-19(18)23/h1-6,11,14,18-19,28H,7-10H2/t14-,18?,19?,23?/m0/s1. The lowest BCUT2D eigenvalue weighted by Gasteiger charge is -2.19. The summed E-state index contributed by atoms with van der Waals surface area (Å²) in [5, 5.41) is 20.2. The predicted octanol–water partition coefficient (Wildman–Crippen LogP) is 2.25. The number of pyridine rings is 1. The third kappa shape index (κ3) is 3.06. The third-order valence-electron chi connectivity index (χ3n) is 7.06. The van der Waals surface area contributed by atoms with E-state index in [9.17, 15) is 14.4 Å². The molecule has 1 saturated carbocycles. The van der Waals surface area contributed by atoms with Gasteiger partial charge in [0.05, 0.1) is 36.5 Å². The molecule has 2 aliphatic heterocycles. The molecule has 0 bridgehead atoms. The SMILES string of the molecule is N#CC1(c2ccncc2-c2ccc(N3C[C@H](Cn4cc(F)nn4)OC3=O)cc2F)C2CNCC21. The van der Waals surface area contributed by atoms with Crippen LogP contribution in [0.5, 0.6) is 0 Å². The summed E-state index contributed by atoms with van der Waals surface area (Å²) in [5.41, 5.74) is 1.39. The van der Waals surface area contributed by atoms with Gasteiger partial charge >= 0.3 is 6.09 Å². The van der Waals surface area contributed by atoms with E-state index in [0.29, 0.717) is 16.8 Å². The number of fused-ring (bicyclic) bond motifs is 1. The van der Waals surface area contributed by atoms with Crippen LogP contribution in [-0.4, -0.2) is 51.8 Å². The van der Waals surface area contributed by atoms with Crippen molar-refractivity contribution in [2.75, 3.05) is 24.5 Å². The van der Waals surface area contributed by atoms with Crippen molar-refractivity contribution in [2.24, 2.45) is 11.8 Å². The number of benzene rings is 1. The van der Waals surface area contributed by atoms with Crippen LogP contribution in [0.15, 0.2) is 42.9 Å². The number of nitrogens with one attached hydrogen (secondary N) is 1. The van der Waals surface area contributed by atoms with Crippen molar-refractivity contribution in [3.05, 3.63) is 60.2 Å². The number of cyclic esters (lactones) is 1. The highest BCUT2D eigenvalue weighted by Gasteiger charge is 2.68. The fourth-order valence-corrected chi connectivity index (χ4v) is 5.43. The average Bonchev–Trinajstić information content (AvgIpc) is 3.29. The van der Waals surface area contributed by atoms with E-state index < -0.39 is 29.4 Å². The highest BCUT2D eigenvalue weighted by atomic mass is 19.1. The van der Waals surface area contributed by atoms with E-state index in [0.717, 1.165) is 24.8 Å². The largest absolute Gasteiger partial charge is 0.442 e. The number of aromatic nitrogens is 4. The topological polar surface area (TPSA) is 109 Å². The van der Waals surface area contributed by atoms with Crippen molar-refractivity contribution >= 4 is 11.8 Å². The van der Waals surface area contributed by atoms with Gasteiger partial charge in [-0.1, -0.05) is 10.3 Å². The Bertz CT molecular complexity index is 1330. The second-order valence-corrected chi connectivity index (χ2v) is 8.82. The number of hydrogen-bond acceptors (Lipinski definition) is 7. The van der Waals surface area contributed by atoms with E-state index >= 15 is 4.39 Å². The number of nitriles is 1. The van der Waals surface area contributed by atoms with Crippen LogP contribution in [0.1, 0.15) is 5.56 Å². The Morgan fingerprint density at radius 3 is 2.76 bits per heavy atom. The van der Waals surface area contributed by atoms with E-state index in [4.69, 9.17) is 4.74 Å². The Morgan fingerprint density at radius 2 is 2.06 bits per heavy atom. The van der Waals surface area contributed by atoms with Gasteiger partial charge in [0.1, 0.15) is 11.9 Å². The summed E-state index contributed by atoms with van der Waals surface area (Å²) in [7, 11) is 0. The number of rotatable bonds is 5. The van der Waals surface area contributed by atoms with E-state index in [2.05, 4.69) is 26.7 Å². The lowest BCUT2D eigenvalue weighted by atomic mass is 9.86. The summed E-state index contributed by atoms with van der Waals surface area (Å²) >= 11 is 0. The zero-order chi connectivity index (χ0) is 23.4. The fourth-order valence-electron chi connectivity index (χ4n) is 5.43. The van der Waals surface area contributed by atoms with Crippen LogP contribution < -0.4 is 10.2 Å². The lowest BCUT2D eigenvalue weighted by Crippen LogP contribution is -2.26. The van der Waals surface area contributed by atoms with Gasteiger partial charge in [-0.25, -0.2) is 13.9 Å². The van der Waals surface area contributed by atoms with Gasteiger partial charge in [0.2, 0.25) is 0 Å². The number of anilines is 1. The van der Waals surface area contributed by atoms with Gasteiger partial charge in [-0.05, 0) is 29.8 Å². The van der Waals surface area contributed by atoms with Crippen LogP contribution >= 0.6 is 0 Å². The fraction of sp³-hybridized carbons (Fsp3) is 0.348. The number of piperidine rings is 1. The van der Waals surface area contributed by atoms with Gasteiger partial charge in [-0.3, -0.25) is 9.88 Å². The molecule has 11 heteroatoms. The second-order valence-electron chi connectivity index (χ2n) is 8.82. The molecule has 3 aromatic rings. The number of ether oxygens (including phenoxy) is 1. The van der Waals surface area contributed by atoms with Crippen molar-refractivity contribution in [1.82, 2.24) is 25.3 Å². The Balaban J connectivity index is 1.27. The van der Waals surface area contributed by atoms with Crippen molar-refractivity contribution in [3.8, 4) is 17.2 Å². The Labute approximate surface area is 193 Å². The molecule has 2 aromatic heterocycles. The first kappa shape index (κ1) is 20.7. The normalized spacial score (nSPS) is 27.4. The number of hydrogen-bond donors (Lipinski definition) is 1. The van der Waals surface area contributed by atoms with Gasteiger partial charge < -0.3 is 10.1 Å². The van der Waals surface area contributed by atoms with Crippen LogP contribution in [0.25, 0.3) is 11.1 Å². The summed E-state index contributed by atoms with van der Waals surface area (Å²) in [6.45, 7) is 1.82. The first-order chi connectivity index (χ1) is 16.5. The molecule has 2 unspecified atom stereocenters. The van der Waals surface area contributed by atoms with Crippen LogP contribution in [0.3, 0.4) is 0 Å². The molecule has 3 fully saturated rings. The first-order valence-corrected chi connectivity index (χ1v) is 10.9. The summed E-state index contributed by atoms with van der Waals surface area (Å²) in [6, 6.07) is 8.81. The Morgan fingerprint density at radius 1 is 1.24 bits per heavy atom. The molecule has 3 aliphatic rings. The molecule has 34 heavy (non-hydrogen) atoms. The van der Waals surface area contributed by atoms with Gasteiger partial charge in [-0.15, -0.1) is 0 Å². The second kappa shape index (κ2) is 7.56. The van der Waals surface area contributed by atoms with Crippen LogP contribution in [0, 0.1) is 34.9 Å². The molecule has 2 saturated heterocycles. The Kier molecular flexibility index (Phi) is 4.60. The molecular formula is C23H19F2N7O2. The highest BCUT2D eigenvalue weighted by molar-refractivity contribution is 5.90. The van der Waals surface area contributed by atoms with Crippen molar-refractivity contribution in [2.45, 2.75) is 18.1 Å². The number of halogens is 2. The smallest absolute Gasteiger partial charge is 0.414 e. The molecule has 9 nitrogen and oxygen atoms in total. The van der Waals surface area contributed by atoms with Gasteiger partial charge in [0.15, 0.2) is 0 Å². The number of carbonyl (C=O) groups is 1. The van der Waals surface area contributed by atoms with E-state index in [-0.39, 0.29) is 24.9 Å². The summed E-state index contributed by atoms with van der Waals surface area (Å²) < 4.78 is 35.0. The third-order valence-corrected chi connectivity index (χ3v) is 7.06. The molecule has 172 valence electrons. The maximum atomic E-state index is 15.4. The molecule has 0 radical (unpaired) electrons. The number of amides is 1. The minimum absolute atomic E-state index is 0.131. The van der Waals surface area contributed by atoms with Crippen LogP contribution in [0.4, 0.5) is 19.3 Å². The minimum Gasteiger partial charge on any atom is -0.442 e. The molecule has 1 aliphatic carbocycles. The molecule has 1 N–H and O–H groups in total. The summed E-state index contributed by atoms with van der Waals surface area (Å²) in [4.78, 5) is 17.9. The maximum absolute atomic E-state index is 15.4. The summed E-state index contributed by atoms with van der Waals surface area (Å²) in [5.74, 6) is -0.845. The van der Waals surface area contributed by atoms with Crippen LogP contribution in [0.2, 0.25) is 0 Å². The van der Waals surface area contributed by atoms with Gasteiger partial charge in [-0.2, -0.15) is 9.65 Å². The average molecular weight is 463 g/mol.